The molecular weight excluding hydrogens is 733 g/mol. The quantitative estimate of drug-likeness (QED) is 0.218. The Morgan fingerprint density at radius 3 is 2.50 bits per heavy atom. The lowest BCUT2D eigenvalue weighted by Gasteiger charge is -2.39. The molecule has 1 unspecified atom stereocenters. The molecule has 56 heavy (non-hydrogen) atoms. The second kappa shape index (κ2) is 14.7. The van der Waals surface area contributed by atoms with Gasteiger partial charge in [-0.3, -0.25) is 38.4 Å². The van der Waals surface area contributed by atoms with Crippen molar-refractivity contribution >= 4 is 51.2 Å². The third kappa shape index (κ3) is 7.08. The Hall–Kier alpha value is -5.78. The topological polar surface area (TPSA) is 162 Å². The molecule has 0 spiro atoms. The number of alkyl halides is 3. The molecule has 294 valence electrons. The van der Waals surface area contributed by atoms with Crippen molar-refractivity contribution in [2.24, 2.45) is 13.0 Å². The maximum absolute atomic E-state index is 13.5. The number of nitrogens with zero attached hydrogens (tertiary/aromatic N) is 8. The molecule has 1 atom stereocenters. The van der Waals surface area contributed by atoms with Crippen LogP contribution in [-0.4, -0.2) is 91.3 Å². The summed E-state index contributed by atoms with van der Waals surface area (Å²) >= 11 is 0. The Balaban J connectivity index is 0.878. The number of methoxy groups -OCH3 is 1. The summed E-state index contributed by atoms with van der Waals surface area (Å²) in [5.74, 6) is -0.231. The number of ether oxygens (including phenoxy) is 1. The first-order valence-electron chi connectivity index (χ1n) is 18.7. The molecule has 5 aromatic rings. The maximum atomic E-state index is 13.5. The Labute approximate surface area is 318 Å². The van der Waals surface area contributed by atoms with Crippen molar-refractivity contribution in [3.63, 3.8) is 0 Å². The Kier molecular flexibility index (Phi) is 9.76. The monoisotopic (exact) mass is 774 g/mol. The number of carbonyl (C=O) groups is 3. The van der Waals surface area contributed by atoms with Crippen LogP contribution in [0.4, 0.5) is 24.7 Å². The predicted molar refractivity (Wildman–Crippen MR) is 200 cm³/mol. The summed E-state index contributed by atoms with van der Waals surface area (Å²) in [6.07, 6.45) is 3.21. The van der Waals surface area contributed by atoms with Crippen molar-refractivity contribution in [1.29, 1.82) is 0 Å². The molecule has 6 heterocycles. The number of imidazole rings is 1. The lowest BCUT2D eigenvalue weighted by Crippen LogP contribution is -2.48. The summed E-state index contributed by atoms with van der Waals surface area (Å²) in [6, 6.07) is 7.90. The van der Waals surface area contributed by atoms with Gasteiger partial charge in [-0.05, 0) is 68.4 Å². The van der Waals surface area contributed by atoms with E-state index in [1.165, 1.54) is 16.8 Å². The fourth-order valence-electron chi connectivity index (χ4n) is 8.35. The van der Waals surface area contributed by atoms with E-state index in [2.05, 4.69) is 30.4 Å². The van der Waals surface area contributed by atoms with Crippen LogP contribution in [0.2, 0.25) is 0 Å². The van der Waals surface area contributed by atoms with Gasteiger partial charge in [0.2, 0.25) is 11.8 Å². The van der Waals surface area contributed by atoms with Crippen molar-refractivity contribution < 1.29 is 32.3 Å². The summed E-state index contributed by atoms with van der Waals surface area (Å²) in [5, 5.41) is 10.4. The maximum Gasteiger partial charge on any atom is 0.433 e. The number of halogens is 3. The SMILES string of the molecule is COc1ccc2c(c1N1CCN(C[C@H]3CC[C@H](n4cc5cc(NC(=O)c6cccc(C(F)(F)F)n6)ncc5n4)CC3)CC1)n(C)c(=O)n2C1CCC(=O)NC1=O. The van der Waals surface area contributed by atoms with Gasteiger partial charge >= 0.3 is 11.9 Å². The van der Waals surface area contributed by atoms with E-state index in [-0.39, 0.29) is 42.0 Å². The van der Waals surface area contributed by atoms with Crippen LogP contribution in [0.3, 0.4) is 0 Å². The second-order valence-electron chi connectivity index (χ2n) is 14.7. The zero-order chi connectivity index (χ0) is 39.3. The normalized spacial score (nSPS) is 21.1. The zero-order valence-corrected chi connectivity index (χ0v) is 30.9. The number of rotatable bonds is 8. The molecule has 1 aromatic carbocycles. The average molecular weight is 775 g/mol. The van der Waals surface area contributed by atoms with Gasteiger partial charge in [-0.25, -0.2) is 14.8 Å². The zero-order valence-electron chi connectivity index (χ0n) is 30.9. The first-order chi connectivity index (χ1) is 26.9. The molecule has 3 aliphatic rings. The molecular formula is C38H41F3N10O5. The van der Waals surface area contributed by atoms with E-state index < -0.39 is 29.7 Å². The molecule has 15 nitrogen and oxygen atoms in total. The number of piperazine rings is 1. The third-order valence-electron chi connectivity index (χ3n) is 11.2. The number of pyridine rings is 2. The van der Waals surface area contributed by atoms with Crippen LogP contribution in [0, 0.1) is 5.92 Å². The Bertz CT molecular complexity index is 2390. The van der Waals surface area contributed by atoms with Crippen molar-refractivity contribution in [2.75, 3.05) is 50.1 Å². The number of imide groups is 1. The number of amides is 3. The molecule has 2 aliphatic heterocycles. The van der Waals surface area contributed by atoms with Gasteiger partial charge < -0.3 is 15.0 Å². The summed E-state index contributed by atoms with van der Waals surface area (Å²) in [7, 11) is 3.31. The van der Waals surface area contributed by atoms with Crippen molar-refractivity contribution in [1.82, 2.24) is 39.1 Å². The molecule has 3 fully saturated rings. The van der Waals surface area contributed by atoms with Gasteiger partial charge in [0.1, 0.15) is 40.2 Å². The number of hydrogen-bond acceptors (Lipinski definition) is 10. The first kappa shape index (κ1) is 37.2. The standard InChI is InChI=1S/C38H41F3N10O5/c1-47-33-27(51(37(47)55)28-11-13-32(52)45-36(28)54)10-12-29(56-2)34(33)49-16-14-48(15-17-49)20-22-6-8-24(9-7-22)50-21-23-18-31(42-19-26(23)46-50)44-35(53)25-4-3-5-30(43-25)38(39,40)41/h3-5,10,12,18-19,21-22,24,28H,6-9,11,13-17,20H2,1-2H3,(H,44,53)(H,45,52,54)/t22-,24-,28?. The van der Waals surface area contributed by atoms with Crippen molar-refractivity contribution in [2.45, 2.75) is 56.8 Å². The highest BCUT2D eigenvalue weighted by molar-refractivity contribution is 6.03. The number of piperidine rings is 1. The number of nitrogens with one attached hydrogen (secondary N) is 2. The van der Waals surface area contributed by atoms with Crippen LogP contribution in [-0.2, 0) is 22.8 Å². The van der Waals surface area contributed by atoms with Crippen LogP contribution in [0.25, 0.3) is 21.9 Å². The average Bonchev–Trinajstić information content (AvgIpc) is 3.72. The minimum atomic E-state index is -4.66. The van der Waals surface area contributed by atoms with Crippen LogP contribution in [0.15, 0.2) is 53.6 Å². The Morgan fingerprint density at radius 2 is 1.79 bits per heavy atom. The highest BCUT2D eigenvalue weighted by Crippen LogP contribution is 2.39. The molecule has 0 bridgehead atoms. The molecule has 8 rings (SSSR count). The molecule has 18 heteroatoms. The molecule has 4 aromatic heterocycles. The van der Waals surface area contributed by atoms with E-state index in [0.29, 0.717) is 28.2 Å². The summed E-state index contributed by atoms with van der Waals surface area (Å²) < 4.78 is 50.0. The largest absolute Gasteiger partial charge is 0.494 e. The highest BCUT2D eigenvalue weighted by atomic mass is 19.4. The van der Waals surface area contributed by atoms with Crippen LogP contribution < -0.4 is 26.0 Å². The number of benzene rings is 1. The van der Waals surface area contributed by atoms with Gasteiger partial charge in [0, 0.05) is 57.8 Å². The fraction of sp³-hybridized carbons (Fsp3) is 0.447. The van der Waals surface area contributed by atoms with Gasteiger partial charge in [0.05, 0.1) is 30.4 Å². The molecule has 0 radical (unpaired) electrons. The lowest BCUT2D eigenvalue weighted by molar-refractivity contribution is -0.141. The second-order valence-corrected chi connectivity index (χ2v) is 14.7. The van der Waals surface area contributed by atoms with E-state index in [9.17, 15) is 32.3 Å². The van der Waals surface area contributed by atoms with E-state index in [0.717, 1.165) is 81.6 Å². The molecule has 1 aliphatic carbocycles. The van der Waals surface area contributed by atoms with Gasteiger partial charge in [-0.2, -0.15) is 18.3 Å². The fourth-order valence-corrected chi connectivity index (χ4v) is 8.35. The minimum absolute atomic E-state index is 0.171. The number of aromatic nitrogens is 6. The molecule has 3 amide bonds. The predicted octanol–water partition coefficient (Wildman–Crippen LogP) is 4.29. The van der Waals surface area contributed by atoms with E-state index in [1.807, 2.05) is 16.9 Å². The minimum Gasteiger partial charge on any atom is -0.494 e. The van der Waals surface area contributed by atoms with Gasteiger partial charge in [0.25, 0.3) is 5.91 Å². The number of carbonyl (C=O) groups excluding carboxylic acids is 3. The van der Waals surface area contributed by atoms with Crippen molar-refractivity contribution in [3.8, 4) is 5.75 Å². The number of anilines is 2. The van der Waals surface area contributed by atoms with E-state index in [1.54, 1.807) is 30.9 Å². The number of fused-ring (bicyclic) bond motifs is 2. The highest BCUT2D eigenvalue weighted by Gasteiger charge is 2.35. The van der Waals surface area contributed by atoms with E-state index >= 15 is 0 Å². The van der Waals surface area contributed by atoms with E-state index in [4.69, 9.17) is 9.84 Å². The van der Waals surface area contributed by atoms with Gasteiger partial charge in [-0.15, -0.1) is 0 Å². The van der Waals surface area contributed by atoms with Crippen molar-refractivity contribution in [3.05, 3.63) is 70.7 Å². The first-order valence-corrected chi connectivity index (χ1v) is 18.7. The molecule has 2 saturated heterocycles. The summed E-state index contributed by atoms with van der Waals surface area (Å²) in [5.41, 5.74) is 0.973. The van der Waals surface area contributed by atoms with Gasteiger partial charge in [0.15, 0.2) is 0 Å². The lowest BCUT2D eigenvalue weighted by atomic mass is 9.85. The smallest absolute Gasteiger partial charge is 0.433 e. The third-order valence-corrected chi connectivity index (χ3v) is 11.2. The number of hydrogen-bond donors (Lipinski definition) is 2. The van der Waals surface area contributed by atoms with Crippen LogP contribution in [0.5, 0.6) is 5.75 Å². The van der Waals surface area contributed by atoms with Gasteiger partial charge in [-0.1, -0.05) is 6.07 Å². The van der Waals surface area contributed by atoms with Crippen LogP contribution in [0.1, 0.15) is 66.8 Å². The molecule has 1 saturated carbocycles. The summed E-state index contributed by atoms with van der Waals surface area (Å²) in [4.78, 5) is 63.2. The number of aryl methyl sites for hydroxylation is 1. The van der Waals surface area contributed by atoms with Crippen LogP contribution >= 0.6 is 0 Å². The Morgan fingerprint density at radius 1 is 1.02 bits per heavy atom. The molecule has 2 N–H and O–H groups in total. The summed E-state index contributed by atoms with van der Waals surface area (Å²) in [6.45, 7) is 4.11.